The van der Waals surface area contributed by atoms with Gasteiger partial charge in [0.15, 0.2) is 5.13 Å². The van der Waals surface area contributed by atoms with Crippen LogP contribution in [-0.2, 0) is 16.0 Å². The minimum Gasteiger partial charge on any atom is -0.368 e. The van der Waals surface area contributed by atoms with Gasteiger partial charge in [0, 0.05) is 43.2 Å². The molecule has 2 aliphatic rings. The fraction of sp³-hybridized carbons (Fsp3) is 0.522. The number of rotatable bonds is 5. The number of benzene rings is 1. The zero-order valence-electron chi connectivity index (χ0n) is 17.8. The second-order valence-corrected chi connectivity index (χ2v) is 9.31. The normalized spacial score (nSPS) is 17.4. The van der Waals surface area contributed by atoms with Gasteiger partial charge in [-0.3, -0.25) is 9.59 Å². The van der Waals surface area contributed by atoms with Gasteiger partial charge >= 0.3 is 0 Å². The summed E-state index contributed by atoms with van der Waals surface area (Å²) in [4.78, 5) is 33.8. The lowest BCUT2D eigenvalue weighted by molar-refractivity contribution is -0.130. The van der Waals surface area contributed by atoms with Crippen LogP contribution in [0, 0.1) is 19.8 Å². The second kappa shape index (κ2) is 9.16. The molecule has 1 aromatic carbocycles. The standard InChI is InChI=1S/C23H30N4O2S/c1-16-7-8-17(2)20(13-16)26-9-11-27(12-10-26)21(28)14-19-15-30-23(24-19)25-22(29)18-5-3-4-6-18/h7-8,13,15,18H,3-6,9-12,14H2,1-2H3,(H,24,25,29). The maximum atomic E-state index is 12.8. The Bertz CT molecular complexity index is 912. The summed E-state index contributed by atoms with van der Waals surface area (Å²) in [7, 11) is 0. The third kappa shape index (κ3) is 4.83. The number of hydrogen-bond acceptors (Lipinski definition) is 5. The third-order valence-corrected chi connectivity index (χ3v) is 6.98. The number of carbonyl (C=O) groups is 2. The van der Waals surface area contributed by atoms with E-state index in [-0.39, 0.29) is 17.7 Å². The molecule has 0 bridgehead atoms. The van der Waals surface area contributed by atoms with E-state index in [1.54, 1.807) is 0 Å². The first-order valence-corrected chi connectivity index (χ1v) is 11.7. The summed E-state index contributed by atoms with van der Waals surface area (Å²) >= 11 is 1.40. The Hall–Kier alpha value is -2.41. The van der Waals surface area contributed by atoms with Gasteiger partial charge in [0.2, 0.25) is 11.8 Å². The van der Waals surface area contributed by atoms with Crippen LogP contribution in [0.25, 0.3) is 0 Å². The van der Waals surface area contributed by atoms with E-state index in [4.69, 9.17) is 0 Å². The highest BCUT2D eigenvalue weighted by Crippen LogP contribution is 2.27. The predicted octanol–water partition coefficient (Wildman–Crippen LogP) is 3.78. The van der Waals surface area contributed by atoms with Crippen molar-refractivity contribution in [3.63, 3.8) is 0 Å². The number of anilines is 2. The molecule has 1 saturated carbocycles. The number of nitrogens with one attached hydrogen (secondary N) is 1. The van der Waals surface area contributed by atoms with Crippen molar-refractivity contribution in [2.45, 2.75) is 46.0 Å². The first-order valence-electron chi connectivity index (χ1n) is 10.8. The van der Waals surface area contributed by atoms with Gasteiger partial charge in [-0.25, -0.2) is 4.98 Å². The Morgan fingerprint density at radius 1 is 1.13 bits per heavy atom. The molecular formula is C23H30N4O2S. The molecule has 4 rings (SSSR count). The van der Waals surface area contributed by atoms with E-state index < -0.39 is 0 Å². The van der Waals surface area contributed by atoms with Crippen molar-refractivity contribution in [3.05, 3.63) is 40.4 Å². The van der Waals surface area contributed by atoms with Crippen molar-refractivity contribution in [2.75, 3.05) is 36.4 Å². The van der Waals surface area contributed by atoms with Crippen LogP contribution in [0.15, 0.2) is 23.6 Å². The van der Waals surface area contributed by atoms with Gasteiger partial charge in [0.05, 0.1) is 12.1 Å². The first-order chi connectivity index (χ1) is 14.5. The van der Waals surface area contributed by atoms with E-state index in [0.717, 1.165) is 57.6 Å². The molecule has 7 heteroatoms. The Balaban J connectivity index is 1.28. The summed E-state index contributed by atoms with van der Waals surface area (Å²) in [6.45, 7) is 7.38. The number of amides is 2. The summed E-state index contributed by atoms with van der Waals surface area (Å²) in [5.41, 5.74) is 4.54. The maximum absolute atomic E-state index is 12.8. The van der Waals surface area contributed by atoms with Gasteiger partial charge in [-0.1, -0.05) is 25.0 Å². The summed E-state index contributed by atoms with van der Waals surface area (Å²) in [5, 5.41) is 5.42. The van der Waals surface area contributed by atoms with E-state index in [1.807, 2.05) is 10.3 Å². The number of aromatic nitrogens is 1. The Morgan fingerprint density at radius 3 is 2.60 bits per heavy atom. The van der Waals surface area contributed by atoms with Gasteiger partial charge < -0.3 is 15.1 Å². The highest BCUT2D eigenvalue weighted by Gasteiger charge is 2.25. The molecule has 2 fully saturated rings. The second-order valence-electron chi connectivity index (χ2n) is 8.45. The van der Waals surface area contributed by atoms with Crippen LogP contribution >= 0.6 is 11.3 Å². The number of aryl methyl sites for hydroxylation is 2. The quantitative estimate of drug-likeness (QED) is 0.790. The lowest BCUT2D eigenvalue weighted by atomic mass is 10.1. The monoisotopic (exact) mass is 426 g/mol. The Labute approximate surface area is 182 Å². The van der Waals surface area contributed by atoms with Gasteiger partial charge in [0.25, 0.3) is 0 Å². The van der Waals surface area contributed by atoms with Crippen LogP contribution in [0.3, 0.4) is 0 Å². The molecule has 160 valence electrons. The fourth-order valence-electron chi connectivity index (χ4n) is 4.36. The Morgan fingerprint density at radius 2 is 1.87 bits per heavy atom. The van der Waals surface area contributed by atoms with Crippen molar-refractivity contribution < 1.29 is 9.59 Å². The molecule has 1 aliphatic heterocycles. The molecule has 1 saturated heterocycles. The molecule has 0 atom stereocenters. The van der Waals surface area contributed by atoms with Gasteiger partial charge in [-0.05, 0) is 43.9 Å². The van der Waals surface area contributed by atoms with E-state index in [0.29, 0.717) is 11.6 Å². The average molecular weight is 427 g/mol. The highest BCUT2D eigenvalue weighted by molar-refractivity contribution is 7.13. The van der Waals surface area contributed by atoms with Crippen molar-refractivity contribution in [2.24, 2.45) is 5.92 Å². The SMILES string of the molecule is Cc1ccc(C)c(N2CCN(C(=O)Cc3csc(NC(=O)C4CCCC4)n3)CC2)c1. The molecule has 0 radical (unpaired) electrons. The number of piperazine rings is 1. The van der Waals surface area contributed by atoms with Gasteiger partial charge in [-0.15, -0.1) is 11.3 Å². The van der Waals surface area contributed by atoms with E-state index in [2.05, 4.69) is 47.2 Å². The summed E-state index contributed by atoms with van der Waals surface area (Å²) < 4.78 is 0. The molecule has 1 aromatic heterocycles. The molecule has 2 aromatic rings. The average Bonchev–Trinajstić information content (AvgIpc) is 3.42. The summed E-state index contributed by atoms with van der Waals surface area (Å²) in [5.74, 6) is 0.296. The molecule has 1 aliphatic carbocycles. The lowest BCUT2D eigenvalue weighted by Gasteiger charge is -2.37. The van der Waals surface area contributed by atoms with Crippen molar-refractivity contribution in [3.8, 4) is 0 Å². The topological polar surface area (TPSA) is 65.5 Å². The molecule has 0 unspecified atom stereocenters. The number of thiazole rings is 1. The van der Waals surface area contributed by atoms with E-state index >= 15 is 0 Å². The van der Waals surface area contributed by atoms with Gasteiger partial charge in [0.1, 0.15) is 0 Å². The first kappa shape index (κ1) is 20.8. The summed E-state index contributed by atoms with van der Waals surface area (Å²) in [6.07, 6.45) is 4.49. The largest absolute Gasteiger partial charge is 0.368 e. The zero-order chi connectivity index (χ0) is 21.1. The van der Waals surface area contributed by atoms with Crippen LogP contribution in [0.2, 0.25) is 0 Å². The smallest absolute Gasteiger partial charge is 0.229 e. The van der Waals surface area contributed by atoms with Crippen molar-refractivity contribution in [1.29, 1.82) is 0 Å². The third-order valence-electron chi connectivity index (χ3n) is 6.18. The molecule has 6 nitrogen and oxygen atoms in total. The van der Waals surface area contributed by atoms with Crippen molar-refractivity contribution in [1.82, 2.24) is 9.88 Å². The minimum absolute atomic E-state index is 0.0716. The van der Waals surface area contributed by atoms with E-state index in [1.165, 1.54) is 28.2 Å². The summed E-state index contributed by atoms with van der Waals surface area (Å²) in [6, 6.07) is 6.52. The Kier molecular flexibility index (Phi) is 6.37. The zero-order valence-corrected chi connectivity index (χ0v) is 18.6. The number of nitrogens with zero attached hydrogens (tertiary/aromatic N) is 3. The maximum Gasteiger partial charge on any atom is 0.229 e. The van der Waals surface area contributed by atoms with Crippen LogP contribution in [0.4, 0.5) is 10.8 Å². The highest BCUT2D eigenvalue weighted by atomic mass is 32.1. The number of hydrogen-bond donors (Lipinski definition) is 1. The molecule has 2 amide bonds. The van der Waals surface area contributed by atoms with Crippen LogP contribution < -0.4 is 10.2 Å². The molecule has 0 spiro atoms. The molecule has 30 heavy (non-hydrogen) atoms. The van der Waals surface area contributed by atoms with Crippen molar-refractivity contribution >= 4 is 34.0 Å². The van der Waals surface area contributed by atoms with Gasteiger partial charge in [-0.2, -0.15) is 0 Å². The molecule has 1 N–H and O–H groups in total. The van der Waals surface area contributed by atoms with Crippen LogP contribution in [0.5, 0.6) is 0 Å². The predicted molar refractivity (Wildman–Crippen MR) is 121 cm³/mol. The van der Waals surface area contributed by atoms with Crippen LogP contribution in [-0.4, -0.2) is 47.9 Å². The minimum atomic E-state index is 0.0716. The number of carbonyl (C=O) groups excluding carboxylic acids is 2. The van der Waals surface area contributed by atoms with E-state index in [9.17, 15) is 9.59 Å². The molecular weight excluding hydrogens is 396 g/mol. The lowest BCUT2D eigenvalue weighted by Crippen LogP contribution is -2.49. The fourth-order valence-corrected chi connectivity index (χ4v) is 5.08. The van der Waals surface area contributed by atoms with Crippen LogP contribution in [0.1, 0.15) is 42.5 Å². The molecule has 2 heterocycles.